The van der Waals surface area contributed by atoms with Gasteiger partial charge in [-0.1, -0.05) is 25.0 Å². The molecule has 0 saturated heterocycles. The van der Waals surface area contributed by atoms with E-state index in [0.29, 0.717) is 17.0 Å². The zero-order valence-corrected chi connectivity index (χ0v) is 14.0. The van der Waals surface area contributed by atoms with Crippen molar-refractivity contribution in [3.05, 3.63) is 53.8 Å². The Morgan fingerprint density at radius 2 is 1.96 bits per heavy atom. The maximum atomic E-state index is 14.6. The highest BCUT2D eigenvalue weighted by Gasteiger charge is 2.26. The van der Waals surface area contributed by atoms with Crippen molar-refractivity contribution in [3.63, 3.8) is 0 Å². The minimum Gasteiger partial charge on any atom is -0.436 e. The molecule has 0 unspecified atom stereocenters. The Morgan fingerprint density at radius 3 is 2.68 bits per heavy atom. The van der Waals surface area contributed by atoms with Crippen LogP contribution in [-0.2, 0) is 0 Å². The maximum Gasteiger partial charge on any atom is 0.256 e. The number of aromatic nitrogens is 1. The van der Waals surface area contributed by atoms with Crippen LogP contribution >= 0.6 is 0 Å². The summed E-state index contributed by atoms with van der Waals surface area (Å²) in [6, 6.07) is 12.1. The molecule has 25 heavy (non-hydrogen) atoms. The van der Waals surface area contributed by atoms with E-state index in [0.717, 1.165) is 31.2 Å². The largest absolute Gasteiger partial charge is 0.436 e. The number of carbonyl (C=O) groups excluding carboxylic acids is 1. The van der Waals surface area contributed by atoms with Crippen molar-refractivity contribution in [1.82, 2.24) is 9.88 Å². The first-order chi connectivity index (χ1) is 12.1. The van der Waals surface area contributed by atoms with Gasteiger partial charge in [-0.2, -0.15) is 0 Å². The van der Waals surface area contributed by atoms with Crippen LogP contribution in [-0.4, -0.2) is 28.9 Å². The monoisotopic (exact) mass is 338 g/mol. The van der Waals surface area contributed by atoms with Gasteiger partial charge in [0.1, 0.15) is 11.3 Å². The Morgan fingerprint density at radius 1 is 1.20 bits per heavy atom. The fourth-order valence-electron chi connectivity index (χ4n) is 3.46. The van der Waals surface area contributed by atoms with Crippen LogP contribution in [0, 0.1) is 5.82 Å². The molecule has 1 fully saturated rings. The Labute approximate surface area is 145 Å². The number of oxazole rings is 1. The van der Waals surface area contributed by atoms with Gasteiger partial charge in [0.05, 0.1) is 5.56 Å². The Hall–Kier alpha value is -2.69. The molecular weight excluding hydrogens is 319 g/mol. The van der Waals surface area contributed by atoms with Gasteiger partial charge < -0.3 is 9.32 Å². The van der Waals surface area contributed by atoms with E-state index >= 15 is 0 Å². The predicted octanol–water partition coefficient (Wildman–Crippen LogP) is 4.65. The molecule has 1 amide bonds. The van der Waals surface area contributed by atoms with E-state index < -0.39 is 5.82 Å². The van der Waals surface area contributed by atoms with Crippen molar-refractivity contribution in [1.29, 1.82) is 0 Å². The molecule has 0 aliphatic heterocycles. The summed E-state index contributed by atoms with van der Waals surface area (Å²) in [5.74, 6) is -0.466. The van der Waals surface area contributed by atoms with Gasteiger partial charge in [0.25, 0.3) is 5.91 Å². The molecule has 0 atom stereocenters. The zero-order valence-electron chi connectivity index (χ0n) is 14.0. The first kappa shape index (κ1) is 15.8. The zero-order chi connectivity index (χ0) is 17.4. The summed E-state index contributed by atoms with van der Waals surface area (Å²) in [7, 11) is 1.76. The van der Waals surface area contributed by atoms with E-state index in [1.807, 2.05) is 24.3 Å². The van der Waals surface area contributed by atoms with Crippen molar-refractivity contribution < 1.29 is 13.6 Å². The highest BCUT2D eigenvalue weighted by Crippen LogP contribution is 2.27. The second kappa shape index (κ2) is 6.31. The second-order valence-electron chi connectivity index (χ2n) is 6.54. The van der Waals surface area contributed by atoms with Crippen molar-refractivity contribution in [3.8, 4) is 11.5 Å². The third-order valence-electron chi connectivity index (χ3n) is 4.93. The van der Waals surface area contributed by atoms with Gasteiger partial charge in [-0.05, 0) is 43.2 Å². The molecule has 3 aromatic rings. The number of amides is 1. The van der Waals surface area contributed by atoms with Crippen LogP contribution in [0.2, 0.25) is 0 Å². The molecule has 1 aliphatic rings. The minimum atomic E-state index is -0.547. The Kier molecular flexibility index (Phi) is 3.99. The van der Waals surface area contributed by atoms with E-state index in [1.54, 1.807) is 18.0 Å². The molecule has 0 radical (unpaired) electrons. The average molecular weight is 338 g/mol. The molecule has 4 nitrogen and oxygen atoms in total. The third-order valence-corrected chi connectivity index (χ3v) is 4.93. The van der Waals surface area contributed by atoms with Crippen LogP contribution in [0.4, 0.5) is 4.39 Å². The summed E-state index contributed by atoms with van der Waals surface area (Å²) < 4.78 is 20.2. The predicted molar refractivity (Wildman–Crippen MR) is 93.8 cm³/mol. The number of benzene rings is 2. The molecule has 1 saturated carbocycles. The van der Waals surface area contributed by atoms with Crippen LogP contribution in [0.3, 0.4) is 0 Å². The van der Waals surface area contributed by atoms with Crippen LogP contribution in [0.5, 0.6) is 0 Å². The van der Waals surface area contributed by atoms with E-state index in [9.17, 15) is 9.18 Å². The van der Waals surface area contributed by atoms with Gasteiger partial charge in [-0.15, -0.1) is 0 Å². The van der Waals surface area contributed by atoms with E-state index in [2.05, 4.69) is 4.98 Å². The van der Waals surface area contributed by atoms with E-state index in [4.69, 9.17) is 4.42 Å². The fourth-order valence-corrected chi connectivity index (χ4v) is 3.46. The molecule has 4 rings (SSSR count). The summed E-state index contributed by atoms with van der Waals surface area (Å²) in [4.78, 5) is 18.6. The lowest BCUT2D eigenvalue weighted by Gasteiger charge is -2.24. The lowest BCUT2D eigenvalue weighted by molar-refractivity contribution is 0.0730. The number of hydrogen-bond acceptors (Lipinski definition) is 3. The fraction of sp³-hybridized carbons (Fsp3) is 0.300. The van der Waals surface area contributed by atoms with Crippen molar-refractivity contribution >= 4 is 17.0 Å². The SMILES string of the molecule is CN(C(=O)c1ccc(-c2nc3ccccc3o2)cc1F)C1CCCC1. The van der Waals surface area contributed by atoms with Crippen molar-refractivity contribution in [2.24, 2.45) is 0 Å². The topological polar surface area (TPSA) is 46.3 Å². The van der Waals surface area contributed by atoms with Gasteiger partial charge in [-0.25, -0.2) is 9.37 Å². The van der Waals surface area contributed by atoms with Crippen LogP contribution in [0.1, 0.15) is 36.0 Å². The van der Waals surface area contributed by atoms with Crippen LogP contribution in [0.25, 0.3) is 22.6 Å². The number of para-hydroxylation sites is 2. The molecule has 0 N–H and O–H groups in total. The van der Waals surface area contributed by atoms with Gasteiger partial charge >= 0.3 is 0 Å². The van der Waals surface area contributed by atoms with Crippen LogP contribution in [0.15, 0.2) is 46.9 Å². The normalized spacial score (nSPS) is 15.0. The smallest absolute Gasteiger partial charge is 0.256 e. The number of carbonyl (C=O) groups is 1. The molecule has 5 heteroatoms. The molecule has 0 spiro atoms. The van der Waals surface area contributed by atoms with Gasteiger partial charge in [-0.3, -0.25) is 4.79 Å². The molecular formula is C20H19FN2O2. The average Bonchev–Trinajstić information content (AvgIpc) is 3.29. The van der Waals surface area contributed by atoms with Crippen LogP contribution < -0.4 is 0 Å². The molecule has 1 aliphatic carbocycles. The summed E-state index contributed by atoms with van der Waals surface area (Å²) >= 11 is 0. The molecule has 1 heterocycles. The number of halogens is 1. The summed E-state index contributed by atoms with van der Waals surface area (Å²) in [5, 5.41) is 0. The Bertz CT molecular complexity index is 895. The molecule has 0 bridgehead atoms. The first-order valence-electron chi connectivity index (χ1n) is 8.56. The number of hydrogen-bond donors (Lipinski definition) is 0. The molecule has 1 aromatic heterocycles. The lowest BCUT2D eigenvalue weighted by Crippen LogP contribution is -2.35. The number of rotatable bonds is 3. The third kappa shape index (κ3) is 2.90. The maximum absolute atomic E-state index is 14.6. The minimum absolute atomic E-state index is 0.0919. The lowest BCUT2D eigenvalue weighted by atomic mass is 10.1. The van der Waals surface area contributed by atoms with E-state index in [1.165, 1.54) is 12.1 Å². The quantitative estimate of drug-likeness (QED) is 0.698. The number of nitrogens with zero attached hydrogens (tertiary/aromatic N) is 2. The highest BCUT2D eigenvalue weighted by molar-refractivity contribution is 5.95. The Balaban J connectivity index is 1.63. The molecule has 128 valence electrons. The van der Waals surface area contributed by atoms with E-state index in [-0.39, 0.29) is 17.5 Å². The number of fused-ring (bicyclic) bond motifs is 1. The van der Waals surface area contributed by atoms with Gasteiger partial charge in [0.2, 0.25) is 5.89 Å². The second-order valence-corrected chi connectivity index (χ2v) is 6.54. The highest BCUT2D eigenvalue weighted by atomic mass is 19.1. The standard InChI is InChI=1S/C20H19FN2O2/c1-23(14-6-2-3-7-14)20(24)15-11-10-13(12-16(15)21)19-22-17-8-4-5-9-18(17)25-19/h4-5,8-12,14H,2-3,6-7H2,1H3. The van der Waals surface area contributed by atoms with Crippen molar-refractivity contribution in [2.75, 3.05) is 7.05 Å². The van der Waals surface area contributed by atoms with Gasteiger partial charge in [0, 0.05) is 18.7 Å². The first-order valence-corrected chi connectivity index (χ1v) is 8.56. The molecule has 2 aromatic carbocycles. The summed E-state index contributed by atoms with van der Waals surface area (Å²) in [6.07, 6.45) is 4.23. The summed E-state index contributed by atoms with van der Waals surface area (Å²) in [5.41, 5.74) is 1.99. The van der Waals surface area contributed by atoms with Crippen molar-refractivity contribution in [2.45, 2.75) is 31.7 Å². The summed E-state index contributed by atoms with van der Waals surface area (Å²) in [6.45, 7) is 0. The van der Waals surface area contributed by atoms with Gasteiger partial charge in [0.15, 0.2) is 5.58 Å².